The Labute approximate surface area is 173 Å². The molecule has 0 aromatic heterocycles. The highest BCUT2D eigenvalue weighted by Crippen LogP contribution is 2.22. The predicted molar refractivity (Wildman–Crippen MR) is 118 cm³/mol. The van der Waals surface area contributed by atoms with Gasteiger partial charge in [-0.05, 0) is 49.1 Å². The van der Waals surface area contributed by atoms with Crippen molar-refractivity contribution in [3.8, 4) is 0 Å². The molecule has 0 saturated heterocycles. The lowest BCUT2D eigenvalue weighted by Crippen LogP contribution is -2.41. The Bertz CT molecular complexity index is 784. The van der Waals surface area contributed by atoms with Crippen molar-refractivity contribution >= 4 is 23.2 Å². The first kappa shape index (κ1) is 20.9. The molecular weight excluding hydrogens is 362 g/mol. The van der Waals surface area contributed by atoms with Crippen molar-refractivity contribution in [1.29, 1.82) is 0 Å². The topological polar surface area (TPSA) is 61.4 Å². The van der Waals surface area contributed by atoms with Crippen LogP contribution in [-0.4, -0.2) is 36.3 Å². The minimum atomic E-state index is -0.00107. The summed E-state index contributed by atoms with van der Waals surface area (Å²) in [6, 6.07) is 17.9. The molecule has 2 amide bonds. The molecule has 5 heteroatoms. The normalized spacial score (nSPS) is 14.2. The molecule has 3 rings (SSSR count). The zero-order chi connectivity index (χ0) is 20.5. The van der Waals surface area contributed by atoms with Crippen LogP contribution in [-0.2, 0) is 16.0 Å². The number of nitrogens with zero attached hydrogens (tertiary/aromatic N) is 1. The van der Waals surface area contributed by atoms with E-state index in [0.29, 0.717) is 12.5 Å². The summed E-state index contributed by atoms with van der Waals surface area (Å²) < 4.78 is 0. The van der Waals surface area contributed by atoms with Crippen LogP contribution in [0, 0.1) is 0 Å². The number of hydrogen-bond donors (Lipinski definition) is 2. The van der Waals surface area contributed by atoms with E-state index in [1.807, 2.05) is 66.5 Å². The fourth-order valence-corrected chi connectivity index (χ4v) is 3.77. The first-order valence-corrected chi connectivity index (χ1v) is 10.6. The van der Waals surface area contributed by atoms with Crippen LogP contribution in [0.1, 0.15) is 44.1 Å². The van der Waals surface area contributed by atoms with Gasteiger partial charge in [0.1, 0.15) is 0 Å². The van der Waals surface area contributed by atoms with E-state index in [0.717, 1.165) is 36.2 Å². The standard InChI is InChI=1S/C24H31N3O2/c1-27(22-10-6-3-7-11-22)24(29)18-25-20-13-15-21(16-14-20)26-23(28)17-12-19-8-4-2-5-9-19/h2,4-5,8-9,13-16,22,25H,3,6-7,10-12,17-18H2,1H3,(H,26,28). The SMILES string of the molecule is CN(C(=O)CNc1ccc(NC(=O)CCc2ccccc2)cc1)C1CCCCC1. The van der Waals surface area contributed by atoms with Crippen molar-refractivity contribution < 1.29 is 9.59 Å². The van der Waals surface area contributed by atoms with Crippen LogP contribution in [0.15, 0.2) is 54.6 Å². The maximum atomic E-state index is 12.4. The van der Waals surface area contributed by atoms with Crippen LogP contribution in [0.2, 0.25) is 0 Å². The predicted octanol–water partition coefficient (Wildman–Crippen LogP) is 4.46. The molecule has 0 heterocycles. The molecule has 5 nitrogen and oxygen atoms in total. The summed E-state index contributed by atoms with van der Waals surface area (Å²) in [7, 11) is 1.91. The monoisotopic (exact) mass is 393 g/mol. The van der Waals surface area contributed by atoms with Crippen molar-refractivity contribution in [3.63, 3.8) is 0 Å². The molecule has 2 aromatic carbocycles. The molecule has 154 valence electrons. The number of carbonyl (C=O) groups excluding carboxylic acids is 2. The molecule has 1 aliphatic carbocycles. The Morgan fingerprint density at radius 1 is 0.931 bits per heavy atom. The van der Waals surface area contributed by atoms with E-state index in [4.69, 9.17) is 0 Å². The lowest BCUT2D eigenvalue weighted by Gasteiger charge is -2.31. The van der Waals surface area contributed by atoms with Gasteiger partial charge in [-0.2, -0.15) is 0 Å². The Morgan fingerprint density at radius 3 is 2.28 bits per heavy atom. The van der Waals surface area contributed by atoms with Crippen LogP contribution >= 0.6 is 0 Å². The second-order valence-electron chi connectivity index (χ2n) is 7.76. The second-order valence-corrected chi connectivity index (χ2v) is 7.76. The number of likely N-dealkylation sites (N-methyl/N-ethyl adjacent to an activating group) is 1. The minimum absolute atomic E-state index is 0.00107. The van der Waals surface area contributed by atoms with Crippen molar-refractivity contribution in [2.75, 3.05) is 24.2 Å². The lowest BCUT2D eigenvalue weighted by molar-refractivity contribution is -0.130. The number of anilines is 2. The van der Waals surface area contributed by atoms with E-state index >= 15 is 0 Å². The van der Waals surface area contributed by atoms with E-state index in [9.17, 15) is 9.59 Å². The van der Waals surface area contributed by atoms with Crippen LogP contribution in [0.5, 0.6) is 0 Å². The van der Waals surface area contributed by atoms with Crippen molar-refractivity contribution in [2.45, 2.75) is 51.0 Å². The summed E-state index contributed by atoms with van der Waals surface area (Å²) in [6.07, 6.45) is 7.12. The van der Waals surface area contributed by atoms with E-state index < -0.39 is 0 Å². The number of benzene rings is 2. The van der Waals surface area contributed by atoms with E-state index in [1.54, 1.807) is 0 Å². The van der Waals surface area contributed by atoms with Crippen molar-refractivity contribution in [1.82, 2.24) is 4.90 Å². The Kier molecular flexibility index (Phi) is 7.68. The summed E-state index contributed by atoms with van der Waals surface area (Å²) >= 11 is 0. The number of carbonyl (C=O) groups is 2. The van der Waals surface area contributed by atoms with Gasteiger partial charge in [-0.15, -0.1) is 0 Å². The summed E-state index contributed by atoms with van der Waals surface area (Å²) in [5.74, 6) is 0.119. The number of nitrogens with one attached hydrogen (secondary N) is 2. The molecule has 0 bridgehead atoms. The first-order chi connectivity index (χ1) is 14.1. The first-order valence-electron chi connectivity index (χ1n) is 10.6. The van der Waals surface area contributed by atoms with Gasteiger partial charge < -0.3 is 15.5 Å². The van der Waals surface area contributed by atoms with Gasteiger partial charge in [0.2, 0.25) is 11.8 Å². The fraction of sp³-hybridized carbons (Fsp3) is 0.417. The van der Waals surface area contributed by atoms with Gasteiger partial charge in [0, 0.05) is 30.9 Å². The number of amides is 2. The van der Waals surface area contributed by atoms with Crippen LogP contribution in [0.4, 0.5) is 11.4 Å². The van der Waals surface area contributed by atoms with Crippen molar-refractivity contribution in [2.24, 2.45) is 0 Å². The number of rotatable bonds is 8. The van der Waals surface area contributed by atoms with Gasteiger partial charge in [-0.25, -0.2) is 0 Å². The molecule has 1 saturated carbocycles. The molecule has 0 spiro atoms. The summed E-state index contributed by atoms with van der Waals surface area (Å²) in [6.45, 7) is 0.287. The molecular formula is C24H31N3O2. The molecule has 0 aliphatic heterocycles. The third-order valence-corrected chi connectivity index (χ3v) is 5.61. The molecule has 0 atom stereocenters. The smallest absolute Gasteiger partial charge is 0.241 e. The maximum Gasteiger partial charge on any atom is 0.241 e. The molecule has 0 unspecified atom stereocenters. The number of hydrogen-bond acceptors (Lipinski definition) is 3. The molecule has 0 radical (unpaired) electrons. The highest BCUT2D eigenvalue weighted by atomic mass is 16.2. The van der Waals surface area contributed by atoms with E-state index in [2.05, 4.69) is 10.6 Å². The van der Waals surface area contributed by atoms with Crippen LogP contribution in [0.25, 0.3) is 0 Å². The van der Waals surface area contributed by atoms with Gasteiger partial charge in [0.05, 0.1) is 6.54 Å². The maximum absolute atomic E-state index is 12.4. The highest BCUT2D eigenvalue weighted by Gasteiger charge is 2.21. The van der Waals surface area contributed by atoms with Gasteiger partial charge in [0.25, 0.3) is 0 Å². The minimum Gasteiger partial charge on any atom is -0.376 e. The molecule has 2 aromatic rings. The van der Waals surface area contributed by atoms with Crippen LogP contribution < -0.4 is 10.6 Å². The summed E-state index contributed by atoms with van der Waals surface area (Å²) in [4.78, 5) is 26.5. The fourth-order valence-electron chi connectivity index (χ4n) is 3.77. The Balaban J connectivity index is 1.41. The molecule has 1 fully saturated rings. The van der Waals surface area contributed by atoms with Gasteiger partial charge in [-0.1, -0.05) is 49.6 Å². The van der Waals surface area contributed by atoms with Crippen LogP contribution in [0.3, 0.4) is 0 Å². The van der Waals surface area contributed by atoms with Gasteiger partial charge >= 0.3 is 0 Å². The second kappa shape index (κ2) is 10.6. The molecule has 2 N–H and O–H groups in total. The van der Waals surface area contributed by atoms with E-state index in [1.165, 1.54) is 19.3 Å². The number of aryl methyl sites for hydroxylation is 1. The average molecular weight is 394 g/mol. The third kappa shape index (κ3) is 6.63. The molecule has 1 aliphatic rings. The Hall–Kier alpha value is -2.82. The quantitative estimate of drug-likeness (QED) is 0.696. The largest absolute Gasteiger partial charge is 0.376 e. The molecule has 29 heavy (non-hydrogen) atoms. The highest BCUT2D eigenvalue weighted by molar-refractivity contribution is 5.91. The average Bonchev–Trinajstić information content (AvgIpc) is 2.78. The Morgan fingerprint density at radius 2 is 1.59 bits per heavy atom. The summed E-state index contributed by atoms with van der Waals surface area (Å²) in [5.41, 5.74) is 2.79. The van der Waals surface area contributed by atoms with Crippen molar-refractivity contribution in [3.05, 3.63) is 60.2 Å². The van der Waals surface area contributed by atoms with Gasteiger partial charge in [-0.3, -0.25) is 9.59 Å². The lowest BCUT2D eigenvalue weighted by atomic mass is 9.94. The van der Waals surface area contributed by atoms with E-state index in [-0.39, 0.29) is 18.4 Å². The van der Waals surface area contributed by atoms with Gasteiger partial charge in [0.15, 0.2) is 0 Å². The zero-order valence-electron chi connectivity index (χ0n) is 17.2. The zero-order valence-corrected chi connectivity index (χ0v) is 17.2. The summed E-state index contributed by atoms with van der Waals surface area (Å²) in [5, 5.41) is 6.11. The third-order valence-electron chi connectivity index (χ3n) is 5.61.